The fourth-order valence-electron chi connectivity index (χ4n) is 2.59. The van der Waals surface area contributed by atoms with Crippen molar-refractivity contribution in [3.8, 4) is 5.75 Å². The molecule has 0 N–H and O–H groups in total. The quantitative estimate of drug-likeness (QED) is 0.215. The number of fused-ring (bicyclic) bond motifs is 1. The lowest BCUT2D eigenvalue weighted by molar-refractivity contribution is -0.385. The van der Waals surface area contributed by atoms with Crippen LogP contribution in [0.25, 0.3) is 17.0 Å². The van der Waals surface area contributed by atoms with Crippen molar-refractivity contribution in [2.45, 2.75) is 6.92 Å². The number of hydrogen-bond donors (Lipinski definition) is 0. The molecule has 3 rings (SSSR count). The number of hydrogen-bond acceptors (Lipinski definition) is 7. The number of rotatable bonds is 5. The number of nitrogens with zero attached hydrogens (tertiary/aromatic N) is 3. The normalized spacial score (nSPS) is 11.2. The van der Waals surface area contributed by atoms with Gasteiger partial charge < -0.3 is 4.74 Å². The fraction of sp³-hybridized carbons (Fsp3) is 0.0526. The molecule has 0 spiro atoms. The maximum Gasteiger partial charge on any atom is 0.339 e. The number of ether oxygens (including phenoxy) is 1. The second-order valence-corrected chi connectivity index (χ2v) is 5.78. The van der Waals surface area contributed by atoms with Crippen LogP contribution < -0.4 is 4.74 Å². The Bertz CT molecular complexity index is 1140. The molecule has 0 saturated heterocycles. The van der Waals surface area contributed by atoms with Gasteiger partial charge in [0.25, 0.3) is 5.69 Å². The van der Waals surface area contributed by atoms with Gasteiger partial charge in [-0.05, 0) is 31.2 Å². The van der Waals surface area contributed by atoms with E-state index in [0.717, 1.165) is 0 Å². The molecule has 2 aromatic carbocycles. The van der Waals surface area contributed by atoms with E-state index in [1.54, 1.807) is 18.2 Å². The first-order valence-electron chi connectivity index (χ1n) is 8.04. The summed E-state index contributed by atoms with van der Waals surface area (Å²) in [6.45, 7) is 1.41. The largest absolute Gasteiger partial charge is 0.413 e. The van der Waals surface area contributed by atoms with Crippen LogP contribution in [0.3, 0.4) is 0 Å². The number of nitro benzene ring substituents is 2. The van der Waals surface area contributed by atoms with Gasteiger partial charge in [-0.1, -0.05) is 18.2 Å². The molecule has 0 fully saturated rings. The molecule has 0 bridgehead atoms. The summed E-state index contributed by atoms with van der Waals surface area (Å²) < 4.78 is 5.27. The van der Waals surface area contributed by atoms with Crippen molar-refractivity contribution in [2.75, 3.05) is 0 Å². The Morgan fingerprint density at radius 1 is 1.00 bits per heavy atom. The monoisotopic (exact) mass is 379 g/mol. The molecule has 3 aromatic rings. The molecule has 9 heteroatoms. The van der Waals surface area contributed by atoms with Crippen LogP contribution in [0.2, 0.25) is 0 Å². The van der Waals surface area contributed by atoms with Gasteiger partial charge in [-0.25, -0.2) is 4.79 Å². The number of nitro groups is 2. The van der Waals surface area contributed by atoms with E-state index in [2.05, 4.69) is 4.98 Å². The Labute approximate surface area is 158 Å². The number of carbonyl (C=O) groups is 1. The van der Waals surface area contributed by atoms with Gasteiger partial charge in [0, 0.05) is 29.3 Å². The molecule has 1 aromatic heterocycles. The second-order valence-electron chi connectivity index (χ2n) is 5.78. The zero-order chi connectivity index (χ0) is 20.3. The Balaban J connectivity index is 2.01. The molecule has 140 valence electrons. The smallest absolute Gasteiger partial charge is 0.339 e. The number of benzene rings is 2. The molecule has 1 heterocycles. The summed E-state index contributed by atoms with van der Waals surface area (Å²) in [5.74, 6) is -1.15. The van der Waals surface area contributed by atoms with Crippen molar-refractivity contribution in [3.05, 3.63) is 86.1 Å². The van der Waals surface area contributed by atoms with Gasteiger partial charge in [0.1, 0.15) is 5.52 Å². The highest BCUT2D eigenvalue weighted by molar-refractivity contribution is 5.98. The van der Waals surface area contributed by atoms with Gasteiger partial charge in [-0.3, -0.25) is 25.2 Å². The molecule has 0 aliphatic rings. The minimum atomic E-state index is -0.876. The molecule has 28 heavy (non-hydrogen) atoms. The summed E-state index contributed by atoms with van der Waals surface area (Å²) in [6, 6.07) is 12.0. The zero-order valence-corrected chi connectivity index (χ0v) is 14.6. The first-order chi connectivity index (χ1) is 13.4. The van der Waals surface area contributed by atoms with E-state index in [1.807, 2.05) is 0 Å². The summed E-state index contributed by atoms with van der Waals surface area (Å²) >= 11 is 0. The van der Waals surface area contributed by atoms with Gasteiger partial charge in [0.2, 0.25) is 5.75 Å². The van der Waals surface area contributed by atoms with Crippen LogP contribution in [0.1, 0.15) is 12.5 Å². The molecule has 0 aliphatic heterocycles. The fourth-order valence-corrected chi connectivity index (χ4v) is 2.59. The third kappa shape index (κ3) is 3.68. The van der Waals surface area contributed by atoms with Crippen LogP contribution in [-0.4, -0.2) is 20.8 Å². The standard InChI is InChI=1S/C19H13N3O6/c1-12(11-14-5-2-3-7-15(14)21(24)25)19(23)28-18-16(22(26)27)9-8-13-6-4-10-20-17(13)18/h2-11H,1H3. The maximum absolute atomic E-state index is 12.5. The third-order valence-electron chi connectivity index (χ3n) is 3.93. The van der Waals surface area contributed by atoms with E-state index in [1.165, 1.54) is 49.5 Å². The van der Waals surface area contributed by atoms with Gasteiger partial charge in [-0.15, -0.1) is 0 Å². The van der Waals surface area contributed by atoms with Crippen LogP contribution in [0, 0.1) is 20.2 Å². The Morgan fingerprint density at radius 2 is 1.71 bits per heavy atom. The van der Waals surface area contributed by atoms with Gasteiger partial charge in [0.15, 0.2) is 0 Å². The molecule has 0 unspecified atom stereocenters. The van der Waals surface area contributed by atoms with Crippen LogP contribution in [0.15, 0.2) is 60.3 Å². The lowest BCUT2D eigenvalue weighted by atomic mass is 10.1. The van der Waals surface area contributed by atoms with E-state index < -0.39 is 21.5 Å². The number of esters is 1. The zero-order valence-electron chi connectivity index (χ0n) is 14.6. The third-order valence-corrected chi connectivity index (χ3v) is 3.93. The summed E-state index contributed by atoms with van der Waals surface area (Å²) in [5.41, 5.74) is -0.155. The molecule has 0 aliphatic carbocycles. The van der Waals surface area contributed by atoms with E-state index in [-0.39, 0.29) is 28.1 Å². The van der Waals surface area contributed by atoms with E-state index in [4.69, 9.17) is 4.74 Å². The Morgan fingerprint density at radius 3 is 2.43 bits per heavy atom. The molecule has 9 nitrogen and oxygen atoms in total. The van der Waals surface area contributed by atoms with Crippen molar-refractivity contribution < 1.29 is 19.4 Å². The first kappa shape index (κ1) is 18.6. The highest BCUT2D eigenvalue weighted by Gasteiger charge is 2.23. The van der Waals surface area contributed by atoms with Gasteiger partial charge >= 0.3 is 11.7 Å². The topological polar surface area (TPSA) is 125 Å². The average Bonchev–Trinajstić information content (AvgIpc) is 2.68. The van der Waals surface area contributed by atoms with E-state index >= 15 is 0 Å². The minimum absolute atomic E-state index is 0.0385. The van der Waals surface area contributed by atoms with E-state index in [0.29, 0.717) is 5.39 Å². The van der Waals surface area contributed by atoms with Gasteiger partial charge in [0.05, 0.1) is 15.4 Å². The average molecular weight is 379 g/mol. The summed E-state index contributed by atoms with van der Waals surface area (Å²) in [4.78, 5) is 37.8. The van der Waals surface area contributed by atoms with E-state index in [9.17, 15) is 25.0 Å². The molecule has 0 amide bonds. The molecular weight excluding hydrogens is 366 g/mol. The molecular formula is C19H13N3O6. The molecule has 0 atom stereocenters. The minimum Gasteiger partial charge on any atom is -0.413 e. The van der Waals surface area contributed by atoms with Crippen LogP contribution >= 0.6 is 0 Å². The number of carbonyl (C=O) groups excluding carboxylic acids is 1. The van der Waals surface area contributed by atoms with Crippen molar-refractivity contribution >= 4 is 34.3 Å². The predicted molar refractivity (Wildman–Crippen MR) is 101 cm³/mol. The predicted octanol–water partition coefficient (Wildman–Crippen LogP) is 4.06. The number of aromatic nitrogens is 1. The lowest BCUT2D eigenvalue weighted by Crippen LogP contribution is -2.11. The Kier molecular flexibility index (Phi) is 5.07. The maximum atomic E-state index is 12.5. The first-order valence-corrected chi connectivity index (χ1v) is 8.04. The van der Waals surface area contributed by atoms with Crippen molar-refractivity contribution in [1.82, 2.24) is 4.98 Å². The van der Waals surface area contributed by atoms with Crippen molar-refractivity contribution in [2.24, 2.45) is 0 Å². The molecule has 0 radical (unpaired) electrons. The highest BCUT2D eigenvalue weighted by Crippen LogP contribution is 2.34. The van der Waals surface area contributed by atoms with Crippen LogP contribution in [0.5, 0.6) is 5.75 Å². The van der Waals surface area contributed by atoms with Crippen molar-refractivity contribution in [3.63, 3.8) is 0 Å². The number of pyridine rings is 1. The summed E-state index contributed by atoms with van der Waals surface area (Å²) in [5, 5.41) is 23.0. The second kappa shape index (κ2) is 7.62. The molecule has 0 saturated carbocycles. The highest BCUT2D eigenvalue weighted by atomic mass is 16.6. The summed E-state index contributed by atoms with van der Waals surface area (Å²) in [6.07, 6.45) is 2.73. The van der Waals surface area contributed by atoms with Crippen LogP contribution in [0.4, 0.5) is 11.4 Å². The van der Waals surface area contributed by atoms with Crippen LogP contribution in [-0.2, 0) is 4.79 Å². The summed E-state index contributed by atoms with van der Waals surface area (Å²) in [7, 11) is 0. The lowest BCUT2D eigenvalue weighted by Gasteiger charge is -2.08. The number of para-hydroxylation sites is 1. The Hall–Kier alpha value is -4.14. The van der Waals surface area contributed by atoms with Crippen molar-refractivity contribution in [1.29, 1.82) is 0 Å². The SMILES string of the molecule is CC(=Cc1ccccc1[N+](=O)[O-])C(=O)Oc1c([N+](=O)[O-])ccc2cccnc12. The van der Waals surface area contributed by atoms with Gasteiger partial charge in [-0.2, -0.15) is 0 Å².